The molecule has 3 rings (SSSR count). The predicted octanol–water partition coefficient (Wildman–Crippen LogP) is 3.63. The molecule has 1 aliphatic heterocycles. The first kappa shape index (κ1) is 23.8. The van der Waals surface area contributed by atoms with Crippen molar-refractivity contribution < 1.29 is 9.90 Å². The molecule has 0 radical (unpaired) electrons. The second kappa shape index (κ2) is 10.7. The van der Waals surface area contributed by atoms with Gasteiger partial charge in [-0.25, -0.2) is 10.0 Å². The Morgan fingerprint density at radius 3 is 2.59 bits per heavy atom. The minimum Gasteiger partial charge on any atom is -0.387 e. The number of nitriles is 1. The molecule has 1 amide bonds. The Morgan fingerprint density at radius 2 is 2.00 bits per heavy atom. The highest BCUT2D eigenvalue weighted by Gasteiger charge is 2.36. The molecule has 1 atom stereocenters. The van der Waals surface area contributed by atoms with Gasteiger partial charge in [0.05, 0.1) is 34.0 Å². The summed E-state index contributed by atoms with van der Waals surface area (Å²) in [6, 6.07) is 11.4. The highest BCUT2D eigenvalue weighted by molar-refractivity contribution is 6.42. The third kappa shape index (κ3) is 5.31. The van der Waals surface area contributed by atoms with Gasteiger partial charge in [-0.1, -0.05) is 46.9 Å². The number of carbonyl (C=O) groups is 1. The zero-order valence-corrected chi connectivity index (χ0v) is 19.2. The fourth-order valence-corrected chi connectivity index (χ4v) is 3.70. The van der Waals surface area contributed by atoms with E-state index in [-0.39, 0.29) is 12.5 Å². The van der Waals surface area contributed by atoms with Crippen molar-refractivity contribution in [2.24, 2.45) is 10.1 Å². The number of aliphatic hydroxyl groups is 1. The van der Waals surface area contributed by atoms with Crippen LogP contribution in [0.5, 0.6) is 0 Å². The van der Waals surface area contributed by atoms with E-state index in [2.05, 4.69) is 15.4 Å². The molecule has 1 aliphatic rings. The first-order valence-corrected chi connectivity index (χ1v) is 10.7. The fourth-order valence-electron chi connectivity index (χ4n) is 3.28. The van der Waals surface area contributed by atoms with Gasteiger partial charge in [-0.05, 0) is 37.3 Å². The zero-order valence-electron chi connectivity index (χ0n) is 17.0. The summed E-state index contributed by atoms with van der Waals surface area (Å²) in [5, 5.41) is 28.6. The molecular weight excluding hydrogens is 475 g/mol. The van der Waals surface area contributed by atoms with E-state index >= 15 is 0 Å². The number of halogens is 3. The molecule has 0 bridgehead atoms. The van der Waals surface area contributed by atoms with Gasteiger partial charge in [0.15, 0.2) is 6.19 Å². The van der Waals surface area contributed by atoms with Crippen LogP contribution in [0.2, 0.25) is 15.1 Å². The van der Waals surface area contributed by atoms with Crippen molar-refractivity contribution in [2.75, 3.05) is 19.7 Å². The molecule has 0 spiro atoms. The van der Waals surface area contributed by atoms with Crippen LogP contribution < -0.4 is 5.32 Å². The third-order valence-electron chi connectivity index (χ3n) is 4.75. The monoisotopic (exact) mass is 492 g/mol. The first-order valence-electron chi connectivity index (χ1n) is 9.59. The van der Waals surface area contributed by atoms with Crippen molar-refractivity contribution in [2.45, 2.75) is 13.0 Å². The summed E-state index contributed by atoms with van der Waals surface area (Å²) >= 11 is 18.1. The normalized spacial score (nSPS) is 15.9. The van der Waals surface area contributed by atoms with Gasteiger partial charge in [-0.2, -0.15) is 10.4 Å². The summed E-state index contributed by atoms with van der Waals surface area (Å²) in [5.74, 6) is -0.287. The molecule has 11 heteroatoms. The quantitative estimate of drug-likeness (QED) is 0.286. The van der Waals surface area contributed by atoms with Gasteiger partial charge in [-0.15, -0.1) is 0 Å². The molecule has 1 heterocycles. The average Bonchev–Trinajstić information content (AvgIpc) is 3.21. The van der Waals surface area contributed by atoms with Gasteiger partial charge in [0.1, 0.15) is 6.61 Å². The molecule has 2 aromatic carbocycles. The van der Waals surface area contributed by atoms with Gasteiger partial charge in [0.25, 0.3) is 0 Å². The molecule has 0 aromatic heterocycles. The summed E-state index contributed by atoms with van der Waals surface area (Å²) in [4.78, 5) is 18.3. The van der Waals surface area contributed by atoms with E-state index in [1.54, 1.807) is 42.5 Å². The Kier molecular flexibility index (Phi) is 7.94. The number of carbonyl (C=O) groups excluding carboxylic acids is 1. The Morgan fingerprint density at radius 1 is 1.28 bits per heavy atom. The maximum atomic E-state index is 12.4. The molecule has 8 nitrogen and oxygen atoms in total. The van der Waals surface area contributed by atoms with Crippen LogP contribution in [0, 0.1) is 11.5 Å². The van der Waals surface area contributed by atoms with Crippen molar-refractivity contribution in [1.29, 1.82) is 5.26 Å². The molecular formula is C21H19Cl3N6O2. The number of rotatable bonds is 5. The standard InChI is InChI=1S/C21H19Cl3N6O2/c1-2-29(19(32)11-31)18-10-30(28-20(18)13-3-5-14(22)6-4-13)21(26-12-25)27-15-7-8-16(23)17(24)9-15/h3-9,18,31H,2,10-11H2,1H3,(H,26,27). The number of nitrogens with zero attached hydrogens (tertiary/aromatic N) is 5. The lowest BCUT2D eigenvalue weighted by molar-refractivity contribution is -0.135. The number of aliphatic imine (C=N–C) groups is 1. The summed E-state index contributed by atoms with van der Waals surface area (Å²) in [6.07, 6.45) is 1.86. The van der Waals surface area contributed by atoms with Crippen LogP contribution in [0.25, 0.3) is 0 Å². The largest absolute Gasteiger partial charge is 0.387 e. The third-order valence-corrected chi connectivity index (χ3v) is 5.74. The van der Waals surface area contributed by atoms with E-state index in [9.17, 15) is 15.2 Å². The molecule has 0 saturated heterocycles. The molecule has 0 aliphatic carbocycles. The van der Waals surface area contributed by atoms with Crippen molar-refractivity contribution >= 4 is 58.1 Å². The average molecular weight is 494 g/mol. The molecule has 1 unspecified atom stereocenters. The lowest BCUT2D eigenvalue weighted by Crippen LogP contribution is -2.49. The van der Waals surface area contributed by atoms with E-state index in [1.165, 1.54) is 9.91 Å². The van der Waals surface area contributed by atoms with Crippen LogP contribution in [-0.4, -0.2) is 58.3 Å². The Balaban J connectivity index is 2.04. The molecule has 2 N–H and O–H groups in total. The number of benzene rings is 2. The number of amides is 1. The van der Waals surface area contributed by atoms with Crippen LogP contribution >= 0.6 is 34.8 Å². The second-order valence-corrected chi connectivity index (χ2v) is 7.95. The maximum absolute atomic E-state index is 12.4. The number of aliphatic hydroxyl groups excluding tert-OH is 1. The summed E-state index contributed by atoms with van der Waals surface area (Å²) in [5.41, 5.74) is 1.78. The van der Waals surface area contributed by atoms with Crippen molar-refractivity contribution in [1.82, 2.24) is 15.2 Å². The lowest BCUT2D eigenvalue weighted by Gasteiger charge is -2.28. The van der Waals surface area contributed by atoms with Crippen LogP contribution in [0.15, 0.2) is 52.6 Å². The van der Waals surface area contributed by atoms with Gasteiger partial charge in [0, 0.05) is 17.1 Å². The topological polar surface area (TPSA) is 104 Å². The fraction of sp³-hybridized carbons (Fsp3) is 0.238. The number of hydrogen-bond donors (Lipinski definition) is 2. The number of guanidine groups is 1. The highest BCUT2D eigenvalue weighted by atomic mass is 35.5. The molecule has 2 aromatic rings. The molecule has 0 saturated carbocycles. The van der Waals surface area contributed by atoms with Crippen LogP contribution in [-0.2, 0) is 4.79 Å². The number of hydrazone groups is 1. The smallest absolute Gasteiger partial charge is 0.248 e. The Hall–Kier alpha value is -2.83. The van der Waals surface area contributed by atoms with Crippen molar-refractivity contribution in [3.8, 4) is 6.19 Å². The van der Waals surface area contributed by atoms with Gasteiger partial charge >= 0.3 is 0 Å². The SMILES string of the molecule is CCN(C(=O)CO)C1CN(C(=Nc2ccc(Cl)c(Cl)c2)NC#N)N=C1c1ccc(Cl)cc1. The van der Waals surface area contributed by atoms with Crippen LogP contribution in [0.1, 0.15) is 12.5 Å². The number of nitrogens with one attached hydrogen (secondary N) is 1. The summed E-state index contributed by atoms with van der Waals surface area (Å²) in [6.45, 7) is 1.76. The van der Waals surface area contributed by atoms with Gasteiger partial charge in [0.2, 0.25) is 11.9 Å². The summed E-state index contributed by atoms with van der Waals surface area (Å²) < 4.78 is 0. The van der Waals surface area contributed by atoms with E-state index in [4.69, 9.17) is 34.8 Å². The second-order valence-electron chi connectivity index (χ2n) is 6.70. The first-order chi connectivity index (χ1) is 15.4. The number of hydrogen-bond acceptors (Lipinski definition) is 5. The maximum Gasteiger partial charge on any atom is 0.248 e. The lowest BCUT2D eigenvalue weighted by atomic mass is 10.0. The van der Waals surface area contributed by atoms with E-state index in [0.717, 1.165) is 5.56 Å². The van der Waals surface area contributed by atoms with Gasteiger partial charge in [-0.3, -0.25) is 10.1 Å². The highest BCUT2D eigenvalue weighted by Crippen LogP contribution is 2.27. The minimum atomic E-state index is -0.626. The van der Waals surface area contributed by atoms with Crippen LogP contribution in [0.4, 0.5) is 5.69 Å². The molecule has 0 fully saturated rings. The van der Waals surface area contributed by atoms with E-state index in [1.807, 2.05) is 13.1 Å². The van der Waals surface area contributed by atoms with E-state index in [0.29, 0.717) is 33.0 Å². The van der Waals surface area contributed by atoms with Crippen molar-refractivity contribution in [3.63, 3.8) is 0 Å². The minimum absolute atomic E-state index is 0.146. The Bertz CT molecular complexity index is 1100. The van der Waals surface area contributed by atoms with E-state index < -0.39 is 18.6 Å². The zero-order chi connectivity index (χ0) is 23.3. The number of likely N-dealkylation sites (N-methyl/N-ethyl adjacent to an activating group) is 1. The van der Waals surface area contributed by atoms with Gasteiger partial charge < -0.3 is 10.0 Å². The van der Waals surface area contributed by atoms with Crippen LogP contribution in [0.3, 0.4) is 0 Å². The molecule has 32 heavy (non-hydrogen) atoms. The predicted molar refractivity (Wildman–Crippen MR) is 125 cm³/mol. The summed E-state index contributed by atoms with van der Waals surface area (Å²) in [7, 11) is 0. The van der Waals surface area contributed by atoms with Crippen molar-refractivity contribution in [3.05, 3.63) is 63.1 Å². The Labute approximate surface area is 200 Å². The molecule has 166 valence electrons.